The molecule has 6 aliphatic carbocycles. The first-order valence-electron chi connectivity index (χ1n) is 22.7. The van der Waals surface area contributed by atoms with Gasteiger partial charge in [-0.2, -0.15) is 0 Å². The van der Waals surface area contributed by atoms with Crippen LogP contribution in [-0.4, -0.2) is 87.7 Å². The summed E-state index contributed by atoms with van der Waals surface area (Å²) in [5, 5.41) is 20.4. The monoisotopic (exact) mass is 769 g/mol. The van der Waals surface area contributed by atoms with E-state index in [1.54, 1.807) is 16.7 Å². The summed E-state index contributed by atoms with van der Waals surface area (Å²) < 4.78 is 11.8. The van der Waals surface area contributed by atoms with Gasteiger partial charge >= 0.3 is 0 Å². The Kier molecular flexibility index (Phi) is 13.6. The maximum Gasteiger partial charge on any atom is 0.118 e. The number of fused-ring (bicyclic) bond motifs is 10. The number of phenolic OH excluding ortho intramolecular Hbond substituents is 2. The number of ether oxygens (including phenoxy) is 2. The quantitative estimate of drug-likeness (QED) is 0.175. The molecule has 2 N–H and O–H groups in total. The number of likely N-dealkylation sites (N-methyl/N-ethyl adjacent to an activating group) is 2. The number of hydrogen-bond donors (Lipinski definition) is 2. The first kappa shape index (κ1) is 41.8. The van der Waals surface area contributed by atoms with Crippen molar-refractivity contribution in [1.82, 2.24) is 9.80 Å². The number of hydrogen-bond acceptors (Lipinski definition) is 6. The van der Waals surface area contributed by atoms with E-state index in [1.165, 1.54) is 68.9 Å². The minimum absolute atomic E-state index is 0.471. The van der Waals surface area contributed by atoms with Crippen LogP contribution >= 0.6 is 0 Å². The van der Waals surface area contributed by atoms with E-state index in [1.807, 2.05) is 6.92 Å². The van der Waals surface area contributed by atoms with Crippen LogP contribution in [0.15, 0.2) is 35.9 Å². The molecule has 4 saturated carbocycles. The molecule has 8 unspecified atom stereocenters. The lowest BCUT2D eigenvalue weighted by molar-refractivity contribution is 0.0612. The maximum atomic E-state index is 10.2. The van der Waals surface area contributed by atoms with Gasteiger partial charge in [0.2, 0.25) is 0 Å². The van der Waals surface area contributed by atoms with Crippen molar-refractivity contribution in [2.75, 3.05) is 67.7 Å². The smallest absolute Gasteiger partial charge is 0.118 e. The zero-order chi connectivity index (χ0) is 39.7. The molecule has 0 radical (unpaired) electrons. The molecule has 4 fully saturated rings. The first-order valence-corrected chi connectivity index (χ1v) is 22.7. The molecule has 310 valence electrons. The Morgan fingerprint density at radius 1 is 0.625 bits per heavy atom. The summed E-state index contributed by atoms with van der Waals surface area (Å²) >= 11 is 0. The van der Waals surface area contributed by atoms with Gasteiger partial charge in [0.25, 0.3) is 0 Å². The van der Waals surface area contributed by atoms with Crippen LogP contribution in [0.5, 0.6) is 11.5 Å². The fourth-order valence-corrected chi connectivity index (χ4v) is 13.3. The normalized spacial score (nSPS) is 33.6. The zero-order valence-corrected chi connectivity index (χ0v) is 36.4. The van der Waals surface area contributed by atoms with E-state index in [2.05, 4.69) is 89.1 Å². The summed E-state index contributed by atoms with van der Waals surface area (Å²) in [6.45, 7) is 14.4. The van der Waals surface area contributed by atoms with Crippen LogP contribution in [0.4, 0.5) is 0 Å². The van der Waals surface area contributed by atoms with Gasteiger partial charge < -0.3 is 29.5 Å². The molecule has 8 rings (SSSR count). The highest BCUT2D eigenvalue weighted by Crippen LogP contribution is 2.60. The Morgan fingerprint density at radius 3 is 1.77 bits per heavy atom. The molecule has 0 heterocycles. The molecule has 2 aromatic carbocycles. The standard InChI is InChI=1S/C25H39NO2.C25H37NO2/c2*1-16-14-23-19(15-24(16)27)13-17(2)25-21-6-5-18(20(21)7-8-22(23)25)9-11-28-12-10-26(3)4/h14-15,17-18,20-22,25,27H,5-13H2,1-4H3;9,14-15,17,20-22,25,27H,5-8,10-13H2,1-4H3/b;18-9+/t17-,18-,20?,21?,22?,25?;17-,20?,21?,22?,25?/m11/s1. The van der Waals surface area contributed by atoms with Crippen molar-refractivity contribution in [2.24, 2.45) is 53.3 Å². The number of phenols is 2. The lowest BCUT2D eigenvalue weighted by Crippen LogP contribution is -2.40. The number of aromatic hydroxyl groups is 2. The minimum Gasteiger partial charge on any atom is -0.508 e. The molecule has 6 heteroatoms. The van der Waals surface area contributed by atoms with E-state index in [0.29, 0.717) is 23.3 Å². The predicted molar refractivity (Wildman–Crippen MR) is 230 cm³/mol. The van der Waals surface area contributed by atoms with Crippen LogP contribution < -0.4 is 0 Å². The Bertz CT molecular complexity index is 1670. The second kappa shape index (κ2) is 18.3. The lowest BCUT2D eigenvalue weighted by Gasteiger charge is -2.48. The van der Waals surface area contributed by atoms with Gasteiger partial charge in [0, 0.05) is 19.7 Å². The van der Waals surface area contributed by atoms with Crippen molar-refractivity contribution >= 4 is 0 Å². The van der Waals surface area contributed by atoms with Gasteiger partial charge in [0.15, 0.2) is 0 Å². The number of allylic oxidation sites excluding steroid dienone is 1. The Morgan fingerprint density at radius 2 is 1.16 bits per heavy atom. The van der Waals surface area contributed by atoms with Crippen molar-refractivity contribution < 1.29 is 19.7 Å². The van der Waals surface area contributed by atoms with Gasteiger partial charge in [-0.1, -0.05) is 37.6 Å². The molecule has 0 aromatic heterocycles. The van der Waals surface area contributed by atoms with Crippen LogP contribution in [0.2, 0.25) is 0 Å². The number of aryl methyl sites for hydroxylation is 2. The summed E-state index contributed by atoms with van der Waals surface area (Å²) in [4.78, 5) is 4.36. The van der Waals surface area contributed by atoms with E-state index < -0.39 is 0 Å². The Balaban J connectivity index is 0.000000172. The van der Waals surface area contributed by atoms with E-state index >= 15 is 0 Å². The van der Waals surface area contributed by atoms with Crippen molar-refractivity contribution in [3.63, 3.8) is 0 Å². The molecule has 0 bridgehead atoms. The average Bonchev–Trinajstić information content (AvgIpc) is 3.77. The van der Waals surface area contributed by atoms with Crippen LogP contribution in [0.3, 0.4) is 0 Å². The minimum atomic E-state index is 0.471. The van der Waals surface area contributed by atoms with Gasteiger partial charge in [-0.25, -0.2) is 0 Å². The van der Waals surface area contributed by atoms with Crippen molar-refractivity contribution in [3.05, 3.63) is 69.3 Å². The number of benzene rings is 2. The van der Waals surface area contributed by atoms with Crippen molar-refractivity contribution in [3.8, 4) is 11.5 Å². The molecule has 0 spiro atoms. The number of nitrogens with zero attached hydrogens (tertiary/aromatic N) is 2. The van der Waals surface area contributed by atoms with Crippen molar-refractivity contribution in [1.29, 1.82) is 0 Å². The van der Waals surface area contributed by atoms with Crippen LogP contribution in [0.25, 0.3) is 0 Å². The number of rotatable bonds is 11. The van der Waals surface area contributed by atoms with Crippen molar-refractivity contribution in [2.45, 2.75) is 110 Å². The van der Waals surface area contributed by atoms with Gasteiger partial charge in [-0.15, -0.1) is 0 Å². The summed E-state index contributed by atoms with van der Waals surface area (Å²) in [6, 6.07) is 8.71. The molecule has 6 aliphatic rings. The maximum absolute atomic E-state index is 10.2. The highest BCUT2D eigenvalue weighted by Gasteiger charge is 2.50. The highest BCUT2D eigenvalue weighted by atomic mass is 16.5. The molecule has 6 nitrogen and oxygen atoms in total. The van der Waals surface area contributed by atoms with Crippen LogP contribution in [-0.2, 0) is 22.3 Å². The first-order chi connectivity index (χ1) is 26.9. The third-order valence-electron chi connectivity index (χ3n) is 15.9. The fourth-order valence-electron chi connectivity index (χ4n) is 13.3. The Labute approximate surface area is 340 Å². The zero-order valence-electron chi connectivity index (χ0n) is 36.4. The van der Waals surface area contributed by atoms with E-state index in [9.17, 15) is 10.2 Å². The average molecular weight is 769 g/mol. The Hall–Kier alpha value is -2.38. The van der Waals surface area contributed by atoms with Gasteiger partial charge in [-0.05, 0) is 223 Å². The molecule has 11 atom stereocenters. The van der Waals surface area contributed by atoms with E-state index in [-0.39, 0.29) is 0 Å². The molecule has 56 heavy (non-hydrogen) atoms. The third kappa shape index (κ3) is 8.94. The molecular weight excluding hydrogens is 693 g/mol. The van der Waals surface area contributed by atoms with Gasteiger partial charge in [0.1, 0.15) is 11.5 Å². The van der Waals surface area contributed by atoms with Gasteiger partial charge in [0.05, 0.1) is 19.8 Å². The molecule has 0 aliphatic heterocycles. The summed E-state index contributed by atoms with van der Waals surface area (Å²) in [5.41, 5.74) is 9.68. The van der Waals surface area contributed by atoms with Gasteiger partial charge in [-0.3, -0.25) is 0 Å². The third-order valence-corrected chi connectivity index (χ3v) is 15.9. The second-order valence-corrected chi connectivity index (χ2v) is 19.9. The second-order valence-electron chi connectivity index (χ2n) is 19.9. The van der Waals surface area contributed by atoms with E-state index in [0.717, 1.165) is 117 Å². The molecule has 2 aromatic rings. The summed E-state index contributed by atoms with van der Waals surface area (Å²) in [6.07, 6.45) is 16.7. The molecular formula is C50H76N2O4. The SMILES string of the molecule is Cc1cc2c(cc1O)C[C@@H](C)C1C2CCC2/C(=C/COCCN(C)C)CCC21.Cc1cc2c(cc1O)C[C@@H](C)C1C2CCC2C1CC[C@@H]2CCOCCN(C)C. The van der Waals surface area contributed by atoms with E-state index in [4.69, 9.17) is 9.47 Å². The molecule has 0 amide bonds. The largest absolute Gasteiger partial charge is 0.508 e. The van der Waals surface area contributed by atoms with Crippen LogP contribution in [0.1, 0.15) is 117 Å². The van der Waals surface area contributed by atoms with Crippen LogP contribution in [0, 0.1) is 67.1 Å². The topological polar surface area (TPSA) is 65.4 Å². The molecule has 0 saturated heterocycles. The predicted octanol–water partition coefficient (Wildman–Crippen LogP) is 9.91. The lowest BCUT2D eigenvalue weighted by atomic mass is 9.56. The summed E-state index contributed by atoms with van der Waals surface area (Å²) in [5.74, 6) is 9.77. The summed E-state index contributed by atoms with van der Waals surface area (Å²) in [7, 11) is 8.40. The highest BCUT2D eigenvalue weighted by molar-refractivity contribution is 5.46. The fraction of sp³-hybridized carbons (Fsp3) is 0.720.